The average molecular weight is 333 g/mol. The van der Waals surface area contributed by atoms with Gasteiger partial charge in [0.15, 0.2) is 0 Å². The Morgan fingerprint density at radius 3 is 2.78 bits per heavy atom. The van der Waals surface area contributed by atoms with E-state index in [9.17, 15) is 9.18 Å². The normalized spacial score (nSPS) is 11.0. The molecule has 0 spiro atoms. The van der Waals surface area contributed by atoms with Gasteiger partial charge in [-0.3, -0.25) is 4.79 Å². The van der Waals surface area contributed by atoms with Crippen LogP contribution in [0.15, 0.2) is 42.5 Å². The molecule has 0 saturated carbocycles. The highest BCUT2D eigenvalue weighted by atomic mass is 32.1. The Morgan fingerprint density at radius 1 is 1.26 bits per heavy atom. The van der Waals surface area contributed by atoms with Crippen LogP contribution in [0, 0.1) is 5.82 Å². The van der Waals surface area contributed by atoms with Crippen LogP contribution in [0.25, 0.3) is 16.5 Å². The van der Waals surface area contributed by atoms with E-state index in [2.05, 4.69) is 5.32 Å². The Balaban J connectivity index is 1.83. The predicted molar refractivity (Wildman–Crippen MR) is 92.9 cm³/mol. The van der Waals surface area contributed by atoms with E-state index in [1.807, 2.05) is 19.1 Å². The number of carbonyl (C=O) groups is 1. The maximum Gasteiger partial charge on any atom is 0.244 e. The summed E-state index contributed by atoms with van der Waals surface area (Å²) in [5, 5.41) is 2.81. The molecule has 1 heterocycles. The van der Waals surface area contributed by atoms with Gasteiger partial charge in [0.2, 0.25) is 5.91 Å². The molecule has 5 heteroatoms. The quantitative estimate of drug-likeness (QED) is 0.583. The lowest BCUT2D eigenvalue weighted by Gasteiger charge is -2.02. The molecule has 3 nitrogen and oxygen atoms in total. The van der Waals surface area contributed by atoms with Gasteiger partial charge in [-0.15, -0.1) is 11.3 Å². The summed E-state index contributed by atoms with van der Waals surface area (Å²) in [5.41, 5.74) is 0.969. The average Bonchev–Trinajstić information content (AvgIpc) is 3.02. The van der Waals surface area contributed by atoms with Crippen molar-refractivity contribution in [2.45, 2.75) is 13.3 Å². The van der Waals surface area contributed by atoms with Crippen LogP contribution in [0.3, 0.4) is 0 Å². The highest BCUT2D eigenvalue weighted by molar-refractivity contribution is 7.16. The standard InChI is InChI=1S/C18H20FNO2S/c1-2-22-13-3-12-20-18(21)11-9-16-8-10-17(23-16)14-4-6-15(19)7-5-14/h4-11H,2-3,12-13H2,1H3,(H,20,21)/b11-9+. The molecule has 23 heavy (non-hydrogen) atoms. The Morgan fingerprint density at radius 2 is 2.04 bits per heavy atom. The SMILES string of the molecule is CCOCCCNC(=O)/C=C/c1ccc(-c2ccc(F)cc2)s1. The molecule has 1 aromatic carbocycles. The lowest BCUT2D eigenvalue weighted by atomic mass is 10.2. The molecule has 0 bridgehead atoms. The zero-order chi connectivity index (χ0) is 16.5. The molecule has 0 saturated heterocycles. The fourth-order valence-corrected chi connectivity index (χ4v) is 2.87. The van der Waals surface area contributed by atoms with E-state index in [1.165, 1.54) is 18.2 Å². The summed E-state index contributed by atoms with van der Waals surface area (Å²) in [6.45, 7) is 3.91. The van der Waals surface area contributed by atoms with Gasteiger partial charge in [-0.05, 0) is 49.2 Å². The number of hydrogen-bond acceptors (Lipinski definition) is 3. The molecule has 0 unspecified atom stereocenters. The third kappa shape index (κ3) is 5.96. The number of benzene rings is 1. The lowest BCUT2D eigenvalue weighted by Crippen LogP contribution is -2.23. The fourth-order valence-electron chi connectivity index (χ4n) is 1.96. The minimum absolute atomic E-state index is 0.113. The molecular formula is C18H20FNO2S. The van der Waals surface area contributed by atoms with Gasteiger partial charge in [-0.2, -0.15) is 0 Å². The number of amides is 1. The number of ether oxygens (including phenoxy) is 1. The van der Waals surface area contributed by atoms with Gasteiger partial charge >= 0.3 is 0 Å². The maximum atomic E-state index is 12.9. The number of rotatable bonds is 8. The molecular weight excluding hydrogens is 313 g/mol. The molecule has 0 aliphatic heterocycles. The van der Waals surface area contributed by atoms with Crippen LogP contribution >= 0.6 is 11.3 Å². The third-order valence-electron chi connectivity index (χ3n) is 3.12. The van der Waals surface area contributed by atoms with Crippen LogP contribution < -0.4 is 5.32 Å². The molecule has 0 aliphatic carbocycles. The van der Waals surface area contributed by atoms with Crippen molar-refractivity contribution in [3.05, 3.63) is 53.2 Å². The Bertz CT molecular complexity index is 649. The van der Waals surface area contributed by atoms with Crippen molar-refractivity contribution >= 4 is 23.3 Å². The summed E-state index contributed by atoms with van der Waals surface area (Å²) in [6, 6.07) is 10.3. The summed E-state index contributed by atoms with van der Waals surface area (Å²) < 4.78 is 18.1. The Hall–Kier alpha value is -1.98. The summed E-state index contributed by atoms with van der Waals surface area (Å²) in [6.07, 6.45) is 4.12. The molecule has 0 fully saturated rings. The number of hydrogen-bond donors (Lipinski definition) is 1. The summed E-state index contributed by atoms with van der Waals surface area (Å²) >= 11 is 1.56. The molecule has 2 rings (SSSR count). The van der Waals surface area contributed by atoms with E-state index in [4.69, 9.17) is 4.74 Å². The summed E-state index contributed by atoms with van der Waals surface area (Å²) in [5.74, 6) is -0.357. The van der Waals surface area contributed by atoms with Crippen molar-refractivity contribution in [1.29, 1.82) is 0 Å². The van der Waals surface area contributed by atoms with E-state index < -0.39 is 0 Å². The van der Waals surface area contributed by atoms with Crippen molar-refractivity contribution < 1.29 is 13.9 Å². The second-order valence-corrected chi connectivity index (χ2v) is 6.00. The highest BCUT2D eigenvalue weighted by Crippen LogP contribution is 2.28. The van der Waals surface area contributed by atoms with Gasteiger partial charge in [0.05, 0.1) is 0 Å². The van der Waals surface area contributed by atoms with Crippen LogP contribution in [-0.2, 0) is 9.53 Å². The first-order valence-corrected chi connectivity index (χ1v) is 8.40. The van der Waals surface area contributed by atoms with Gasteiger partial charge in [0, 0.05) is 35.6 Å². The molecule has 1 aromatic heterocycles. The van der Waals surface area contributed by atoms with Crippen LogP contribution in [0.4, 0.5) is 4.39 Å². The van der Waals surface area contributed by atoms with Crippen LogP contribution in [0.5, 0.6) is 0 Å². The molecule has 0 radical (unpaired) electrons. The zero-order valence-corrected chi connectivity index (χ0v) is 13.9. The van der Waals surface area contributed by atoms with Gasteiger partial charge < -0.3 is 10.1 Å². The summed E-state index contributed by atoms with van der Waals surface area (Å²) in [4.78, 5) is 13.7. The number of thiophene rings is 1. The molecule has 1 amide bonds. The monoisotopic (exact) mass is 333 g/mol. The van der Waals surface area contributed by atoms with Crippen molar-refractivity contribution in [3.63, 3.8) is 0 Å². The highest BCUT2D eigenvalue weighted by Gasteiger charge is 2.02. The van der Waals surface area contributed by atoms with E-state index in [-0.39, 0.29) is 11.7 Å². The van der Waals surface area contributed by atoms with E-state index in [1.54, 1.807) is 29.5 Å². The lowest BCUT2D eigenvalue weighted by molar-refractivity contribution is -0.116. The predicted octanol–water partition coefficient (Wildman–Crippen LogP) is 4.11. The van der Waals surface area contributed by atoms with Gasteiger partial charge in [0.25, 0.3) is 0 Å². The topological polar surface area (TPSA) is 38.3 Å². The number of halogens is 1. The maximum absolute atomic E-state index is 12.9. The largest absolute Gasteiger partial charge is 0.382 e. The Labute approximate surface area is 139 Å². The van der Waals surface area contributed by atoms with Crippen molar-refractivity contribution in [2.24, 2.45) is 0 Å². The fraction of sp³-hybridized carbons (Fsp3) is 0.278. The van der Waals surface area contributed by atoms with Crippen molar-refractivity contribution in [2.75, 3.05) is 19.8 Å². The molecule has 2 aromatic rings. The van der Waals surface area contributed by atoms with Crippen LogP contribution in [-0.4, -0.2) is 25.7 Å². The molecule has 0 atom stereocenters. The van der Waals surface area contributed by atoms with Crippen LogP contribution in [0.1, 0.15) is 18.2 Å². The first-order valence-electron chi connectivity index (χ1n) is 7.58. The minimum Gasteiger partial charge on any atom is -0.382 e. The summed E-state index contributed by atoms with van der Waals surface area (Å²) in [7, 11) is 0. The van der Waals surface area contributed by atoms with Crippen molar-refractivity contribution in [1.82, 2.24) is 5.32 Å². The second kappa shape index (κ2) is 9.22. The van der Waals surface area contributed by atoms with E-state index >= 15 is 0 Å². The van der Waals surface area contributed by atoms with E-state index in [0.29, 0.717) is 19.8 Å². The Kier molecular flexibility index (Phi) is 6.97. The number of carbonyl (C=O) groups excluding carboxylic acids is 1. The molecule has 1 N–H and O–H groups in total. The first-order chi connectivity index (χ1) is 11.2. The van der Waals surface area contributed by atoms with Gasteiger partial charge in [0.1, 0.15) is 5.82 Å². The first kappa shape index (κ1) is 17.4. The second-order valence-electron chi connectivity index (χ2n) is 4.88. The van der Waals surface area contributed by atoms with Crippen LogP contribution in [0.2, 0.25) is 0 Å². The third-order valence-corrected chi connectivity index (χ3v) is 4.22. The van der Waals surface area contributed by atoms with E-state index in [0.717, 1.165) is 21.7 Å². The van der Waals surface area contributed by atoms with Crippen molar-refractivity contribution in [3.8, 4) is 10.4 Å². The minimum atomic E-state index is -0.244. The zero-order valence-electron chi connectivity index (χ0n) is 13.0. The molecule has 122 valence electrons. The number of nitrogens with one attached hydrogen (secondary N) is 1. The molecule has 0 aliphatic rings. The van der Waals surface area contributed by atoms with Gasteiger partial charge in [-0.25, -0.2) is 4.39 Å². The smallest absolute Gasteiger partial charge is 0.244 e. The van der Waals surface area contributed by atoms with Gasteiger partial charge in [-0.1, -0.05) is 12.1 Å².